The van der Waals surface area contributed by atoms with Gasteiger partial charge >= 0.3 is 0 Å². The minimum Gasteiger partial charge on any atom is -0.0651 e. The summed E-state index contributed by atoms with van der Waals surface area (Å²) < 4.78 is 0. The zero-order valence-electron chi connectivity index (χ0n) is 9.97. The van der Waals surface area contributed by atoms with Gasteiger partial charge in [-0.1, -0.05) is 39.5 Å². The molecule has 0 heteroatoms. The fraction of sp³-hybridized carbons (Fsp3) is 1.00. The lowest BCUT2D eigenvalue weighted by atomic mass is 9.69. The molecular formula is C14H26. The summed E-state index contributed by atoms with van der Waals surface area (Å²) in [6.45, 7) is 4.74. The highest BCUT2D eigenvalue weighted by Crippen LogP contribution is 2.41. The molecular weight excluding hydrogens is 168 g/mol. The molecule has 0 heterocycles. The average molecular weight is 194 g/mol. The van der Waals surface area contributed by atoms with E-state index in [0.29, 0.717) is 0 Å². The van der Waals surface area contributed by atoms with Crippen LogP contribution in [0.2, 0.25) is 0 Å². The highest BCUT2D eigenvalue weighted by atomic mass is 14.3. The molecule has 14 heavy (non-hydrogen) atoms. The third kappa shape index (κ3) is 2.52. The van der Waals surface area contributed by atoms with E-state index >= 15 is 0 Å². The predicted molar refractivity (Wildman–Crippen MR) is 62.2 cm³/mol. The van der Waals surface area contributed by atoms with Crippen molar-refractivity contribution in [1.29, 1.82) is 0 Å². The lowest BCUT2D eigenvalue weighted by molar-refractivity contribution is 0.154. The fourth-order valence-electron chi connectivity index (χ4n) is 3.44. The zero-order chi connectivity index (χ0) is 9.97. The Morgan fingerprint density at radius 3 is 1.93 bits per heavy atom. The first-order valence-corrected chi connectivity index (χ1v) is 6.78. The highest BCUT2D eigenvalue weighted by molar-refractivity contribution is 4.80. The molecule has 0 atom stereocenters. The molecule has 2 aliphatic carbocycles. The molecule has 0 spiro atoms. The molecule has 2 fully saturated rings. The van der Waals surface area contributed by atoms with Crippen LogP contribution in [0.15, 0.2) is 0 Å². The Bertz CT molecular complexity index is 161. The van der Waals surface area contributed by atoms with Crippen LogP contribution < -0.4 is 0 Å². The second kappa shape index (κ2) is 4.68. The first-order chi connectivity index (χ1) is 6.78. The molecule has 0 aliphatic heterocycles. The van der Waals surface area contributed by atoms with Gasteiger partial charge in [-0.25, -0.2) is 0 Å². The Kier molecular flexibility index (Phi) is 3.52. The molecule has 82 valence electrons. The molecule has 0 nitrogen and oxygen atoms in total. The quantitative estimate of drug-likeness (QED) is 0.598. The Morgan fingerprint density at radius 1 is 0.857 bits per heavy atom. The van der Waals surface area contributed by atoms with Crippen LogP contribution in [0.3, 0.4) is 0 Å². The maximum Gasteiger partial charge on any atom is -0.0409 e. The highest BCUT2D eigenvalue weighted by Gasteiger charge is 2.28. The summed E-state index contributed by atoms with van der Waals surface area (Å²) in [4.78, 5) is 0. The van der Waals surface area contributed by atoms with Gasteiger partial charge < -0.3 is 0 Å². The van der Waals surface area contributed by atoms with E-state index in [2.05, 4.69) is 13.8 Å². The van der Waals surface area contributed by atoms with Gasteiger partial charge in [-0.05, 0) is 49.4 Å². The Morgan fingerprint density at radius 2 is 1.43 bits per heavy atom. The first kappa shape index (κ1) is 10.5. The van der Waals surface area contributed by atoms with Crippen molar-refractivity contribution in [1.82, 2.24) is 0 Å². The third-order valence-electron chi connectivity index (χ3n) is 4.61. The molecule has 0 saturated heterocycles. The van der Waals surface area contributed by atoms with Crippen LogP contribution in [0.4, 0.5) is 0 Å². The van der Waals surface area contributed by atoms with Gasteiger partial charge in [0.2, 0.25) is 0 Å². The van der Waals surface area contributed by atoms with Gasteiger partial charge in [0.1, 0.15) is 0 Å². The average Bonchev–Trinajstić information content (AvgIpc) is 2.05. The molecule has 2 aliphatic rings. The van der Waals surface area contributed by atoms with E-state index in [1.807, 2.05) is 0 Å². The summed E-state index contributed by atoms with van der Waals surface area (Å²) >= 11 is 0. The molecule has 0 N–H and O–H groups in total. The summed E-state index contributed by atoms with van der Waals surface area (Å²) in [7, 11) is 0. The minimum absolute atomic E-state index is 1.05. The number of hydrogen-bond donors (Lipinski definition) is 0. The summed E-state index contributed by atoms with van der Waals surface area (Å²) in [6.07, 6.45) is 12.2. The van der Waals surface area contributed by atoms with Crippen LogP contribution in [0.5, 0.6) is 0 Å². The van der Waals surface area contributed by atoms with Crippen LogP contribution in [0, 0.1) is 23.7 Å². The zero-order valence-corrected chi connectivity index (χ0v) is 9.97. The Labute approximate surface area is 89.5 Å². The Balaban J connectivity index is 1.45. The predicted octanol–water partition coefficient (Wildman–Crippen LogP) is 4.64. The molecule has 0 amide bonds. The molecule has 2 rings (SSSR count). The SMILES string of the molecule is CCC1CC(CCCC2CC(C)C2)C1. The van der Waals surface area contributed by atoms with E-state index in [1.165, 1.54) is 32.1 Å². The molecule has 2 saturated carbocycles. The summed E-state index contributed by atoms with van der Waals surface area (Å²) in [5, 5.41) is 0. The van der Waals surface area contributed by atoms with Crippen molar-refractivity contribution in [2.45, 2.75) is 65.2 Å². The lowest BCUT2D eigenvalue weighted by Gasteiger charge is -2.36. The van der Waals surface area contributed by atoms with Crippen molar-refractivity contribution in [2.24, 2.45) is 23.7 Å². The standard InChI is InChI=1S/C14H26/c1-3-12-9-14(10-12)6-4-5-13-7-11(2)8-13/h11-14H,3-10H2,1-2H3. The first-order valence-electron chi connectivity index (χ1n) is 6.78. The molecule has 0 unspecified atom stereocenters. The van der Waals surface area contributed by atoms with Crippen LogP contribution in [-0.2, 0) is 0 Å². The molecule has 0 aromatic carbocycles. The Hall–Kier alpha value is 0. The van der Waals surface area contributed by atoms with Crippen molar-refractivity contribution in [3.05, 3.63) is 0 Å². The van der Waals surface area contributed by atoms with E-state index < -0.39 is 0 Å². The normalized spacial score (nSPS) is 41.6. The van der Waals surface area contributed by atoms with Crippen LogP contribution in [0.1, 0.15) is 65.2 Å². The van der Waals surface area contributed by atoms with Gasteiger partial charge in [0.25, 0.3) is 0 Å². The molecule has 0 aromatic heterocycles. The van der Waals surface area contributed by atoms with E-state index in [0.717, 1.165) is 23.7 Å². The molecule has 0 radical (unpaired) electrons. The number of rotatable bonds is 5. The maximum absolute atomic E-state index is 2.40. The fourth-order valence-corrected chi connectivity index (χ4v) is 3.44. The molecule has 0 bridgehead atoms. The van der Waals surface area contributed by atoms with E-state index in [9.17, 15) is 0 Å². The maximum atomic E-state index is 2.40. The smallest absolute Gasteiger partial charge is 0.0409 e. The van der Waals surface area contributed by atoms with Gasteiger partial charge in [0, 0.05) is 0 Å². The van der Waals surface area contributed by atoms with E-state index in [1.54, 1.807) is 19.3 Å². The molecule has 0 aromatic rings. The van der Waals surface area contributed by atoms with Gasteiger partial charge in [0.15, 0.2) is 0 Å². The van der Waals surface area contributed by atoms with Crippen molar-refractivity contribution in [3.8, 4) is 0 Å². The minimum atomic E-state index is 1.05. The van der Waals surface area contributed by atoms with Gasteiger partial charge in [-0.15, -0.1) is 0 Å². The van der Waals surface area contributed by atoms with Gasteiger partial charge in [-0.2, -0.15) is 0 Å². The van der Waals surface area contributed by atoms with E-state index in [-0.39, 0.29) is 0 Å². The lowest BCUT2D eigenvalue weighted by Crippen LogP contribution is -2.24. The van der Waals surface area contributed by atoms with E-state index in [4.69, 9.17) is 0 Å². The van der Waals surface area contributed by atoms with Crippen molar-refractivity contribution >= 4 is 0 Å². The topological polar surface area (TPSA) is 0 Å². The van der Waals surface area contributed by atoms with Crippen LogP contribution in [-0.4, -0.2) is 0 Å². The van der Waals surface area contributed by atoms with Crippen molar-refractivity contribution in [2.75, 3.05) is 0 Å². The largest absolute Gasteiger partial charge is 0.0651 e. The van der Waals surface area contributed by atoms with Crippen molar-refractivity contribution < 1.29 is 0 Å². The van der Waals surface area contributed by atoms with Gasteiger partial charge in [0.05, 0.1) is 0 Å². The summed E-state index contributed by atoms with van der Waals surface area (Å²) in [5.74, 6) is 4.39. The second-order valence-corrected chi connectivity index (χ2v) is 5.99. The monoisotopic (exact) mass is 194 g/mol. The van der Waals surface area contributed by atoms with Gasteiger partial charge in [-0.3, -0.25) is 0 Å². The van der Waals surface area contributed by atoms with Crippen molar-refractivity contribution in [3.63, 3.8) is 0 Å². The number of hydrogen-bond acceptors (Lipinski definition) is 0. The van der Waals surface area contributed by atoms with Crippen LogP contribution >= 0.6 is 0 Å². The van der Waals surface area contributed by atoms with Crippen LogP contribution in [0.25, 0.3) is 0 Å². The summed E-state index contributed by atoms with van der Waals surface area (Å²) in [6, 6.07) is 0. The second-order valence-electron chi connectivity index (χ2n) is 5.99. The third-order valence-corrected chi connectivity index (χ3v) is 4.61. The summed E-state index contributed by atoms with van der Waals surface area (Å²) in [5.41, 5.74) is 0.